The summed E-state index contributed by atoms with van der Waals surface area (Å²) in [6.07, 6.45) is -4.39. The zero-order valence-electron chi connectivity index (χ0n) is 18.5. The molecule has 1 aliphatic heterocycles. The van der Waals surface area contributed by atoms with Crippen LogP contribution in [-0.4, -0.2) is 51.3 Å². The number of amides is 1. The average Bonchev–Trinajstić information content (AvgIpc) is 3.49. The minimum atomic E-state index is -4.67. The van der Waals surface area contributed by atoms with Crippen LogP contribution in [0.15, 0.2) is 42.5 Å². The standard InChI is InChI=1S/C22H17ClF3N5O3S2/c1-21(8-9-36(33,34)11-21)27-18(32)12-6-7-14-16(10-12)31(20-29-28-19(35-20)22(24,25)26)30-17(14)13-4-2-3-5-15(13)23/h2-7,10H,8-9,11H2,1H3,(H,27,32). The first-order chi connectivity index (χ1) is 16.9. The van der Waals surface area contributed by atoms with Crippen molar-refractivity contribution >= 4 is 49.6 Å². The van der Waals surface area contributed by atoms with E-state index in [9.17, 15) is 26.4 Å². The zero-order valence-corrected chi connectivity index (χ0v) is 20.9. The van der Waals surface area contributed by atoms with Gasteiger partial charge in [0.1, 0.15) is 5.69 Å². The first kappa shape index (κ1) is 24.7. The Hall–Kier alpha value is -3.03. The van der Waals surface area contributed by atoms with Gasteiger partial charge in [-0.25, -0.2) is 13.1 Å². The molecule has 1 aliphatic rings. The summed E-state index contributed by atoms with van der Waals surface area (Å²) < 4.78 is 64.5. The highest BCUT2D eigenvalue weighted by atomic mass is 35.5. The minimum Gasteiger partial charge on any atom is -0.346 e. The number of sulfone groups is 1. The molecule has 2 aromatic carbocycles. The van der Waals surface area contributed by atoms with Crippen LogP contribution in [0.2, 0.25) is 5.02 Å². The Morgan fingerprint density at radius 2 is 1.94 bits per heavy atom. The van der Waals surface area contributed by atoms with Crippen molar-refractivity contribution in [2.45, 2.75) is 25.1 Å². The molecule has 1 atom stereocenters. The lowest BCUT2D eigenvalue weighted by Crippen LogP contribution is -2.46. The van der Waals surface area contributed by atoms with Crippen molar-refractivity contribution < 1.29 is 26.4 Å². The number of halogens is 4. The van der Waals surface area contributed by atoms with Crippen LogP contribution in [-0.2, 0) is 16.0 Å². The molecule has 1 fully saturated rings. The van der Waals surface area contributed by atoms with Gasteiger partial charge in [-0.3, -0.25) is 4.79 Å². The Morgan fingerprint density at radius 1 is 1.19 bits per heavy atom. The number of hydrogen-bond acceptors (Lipinski definition) is 7. The summed E-state index contributed by atoms with van der Waals surface area (Å²) >= 11 is 6.67. The summed E-state index contributed by atoms with van der Waals surface area (Å²) in [5.41, 5.74) is 0.505. The number of carbonyl (C=O) groups is 1. The van der Waals surface area contributed by atoms with E-state index < -0.39 is 32.5 Å². The normalized spacial score (nSPS) is 19.6. The van der Waals surface area contributed by atoms with E-state index in [0.717, 1.165) is 0 Å². The van der Waals surface area contributed by atoms with Gasteiger partial charge < -0.3 is 5.32 Å². The number of hydrogen-bond donors (Lipinski definition) is 1. The van der Waals surface area contributed by atoms with Gasteiger partial charge in [-0.05, 0) is 37.6 Å². The molecular weight excluding hydrogens is 539 g/mol. The smallest absolute Gasteiger partial charge is 0.346 e. The molecule has 5 rings (SSSR count). The molecule has 2 aromatic heterocycles. The summed E-state index contributed by atoms with van der Waals surface area (Å²) in [7, 11) is -3.25. The van der Waals surface area contributed by atoms with Crippen molar-refractivity contribution in [1.29, 1.82) is 0 Å². The third kappa shape index (κ3) is 4.58. The molecular formula is C22H17ClF3N5O3S2. The van der Waals surface area contributed by atoms with Crippen LogP contribution < -0.4 is 5.32 Å². The third-order valence-electron chi connectivity index (χ3n) is 5.83. The predicted molar refractivity (Wildman–Crippen MR) is 129 cm³/mol. The van der Waals surface area contributed by atoms with Crippen LogP contribution in [0.1, 0.15) is 28.7 Å². The SMILES string of the molecule is CC1(NC(=O)c2ccc3c(-c4ccccc4Cl)nn(-c4nnc(C(F)(F)F)s4)c3c2)CCS(=O)(=O)C1. The summed E-state index contributed by atoms with van der Waals surface area (Å²) in [6.45, 7) is 1.66. The van der Waals surface area contributed by atoms with E-state index in [4.69, 9.17) is 11.6 Å². The highest BCUT2D eigenvalue weighted by Gasteiger charge is 2.40. The largest absolute Gasteiger partial charge is 0.445 e. The van der Waals surface area contributed by atoms with Gasteiger partial charge in [0.05, 0.1) is 27.6 Å². The number of nitrogens with one attached hydrogen (secondary N) is 1. The van der Waals surface area contributed by atoms with Crippen molar-refractivity contribution in [3.05, 3.63) is 58.1 Å². The van der Waals surface area contributed by atoms with Crippen LogP contribution in [0.25, 0.3) is 27.3 Å². The van der Waals surface area contributed by atoms with Gasteiger partial charge in [-0.2, -0.15) is 18.3 Å². The molecule has 3 heterocycles. The van der Waals surface area contributed by atoms with Crippen molar-refractivity contribution in [1.82, 2.24) is 25.3 Å². The van der Waals surface area contributed by atoms with Crippen LogP contribution in [0.3, 0.4) is 0 Å². The molecule has 0 aliphatic carbocycles. The number of carbonyl (C=O) groups excluding carboxylic acids is 1. The van der Waals surface area contributed by atoms with Gasteiger partial charge in [0.15, 0.2) is 9.84 Å². The molecule has 188 valence electrons. The second-order valence-corrected chi connectivity index (χ2v) is 12.3. The van der Waals surface area contributed by atoms with Crippen LogP contribution in [0.5, 0.6) is 0 Å². The van der Waals surface area contributed by atoms with E-state index in [1.807, 2.05) is 0 Å². The molecule has 1 unspecified atom stereocenters. The van der Waals surface area contributed by atoms with Gasteiger partial charge in [-0.1, -0.05) is 41.1 Å². The van der Waals surface area contributed by atoms with E-state index in [1.54, 1.807) is 37.3 Å². The Bertz CT molecular complexity index is 1620. The molecule has 0 radical (unpaired) electrons. The number of nitrogens with zero attached hydrogens (tertiary/aromatic N) is 4. The molecule has 0 spiro atoms. The Labute approximate surface area is 212 Å². The lowest BCUT2D eigenvalue weighted by molar-refractivity contribution is -0.138. The second-order valence-electron chi connectivity index (χ2n) is 8.72. The van der Waals surface area contributed by atoms with E-state index in [0.29, 0.717) is 38.5 Å². The number of alkyl halides is 3. The Kier molecular flexibility index (Phi) is 5.84. The average molecular weight is 556 g/mol. The molecule has 14 heteroatoms. The highest BCUT2D eigenvalue weighted by molar-refractivity contribution is 7.91. The quantitative estimate of drug-likeness (QED) is 0.397. The fourth-order valence-corrected chi connectivity index (χ4v) is 7.12. The van der Waals surface area contributed by atoms with Crippen molar-refractivity contribution in [2.75, 3.05) is 11.5 Å². The van der Waals surface area contributed by atoms with Crippen LogP contribution in [0, 0.1) is 0 Å². The number of aromatic nitrogens is 4. The summed E-state index contributed by atoms with van der Waals surface area (Å²) in [6, 6.07) is 11.5. The fraction of sp³-hybridized carbons (Fsp3) is 0.273. The highest BCUT2D eigenvalue weighted by Crippen LogP contribution is 2.37. The predicted octanol–water partition coefficient (Wildman–Crippen LogP) is 4.52. The lowest BCUT2D eigenvalue weighted by Gasteiger charge is -2.23. The van der Waals surface area contributed by atoms with Crippen molar-refractivity contribution in [2.24, 2.45) is 0 Å². The van der Waals surface area contributed by atoms with E-state index in [1.165, 1.54) is 16.8 Å². The Balaban J connectivity index is 1.62. The maximum absolute atomic E-state index is 13.2. The van der Waals surface area contributed by atoms with Gasteiger partial charge in [0, 0.05) is 16.5 Å². The molecule has 8 nitrogen and oxygen atoms in total. The summed E-state index contributed by atoms with van der Waals surface area (Å²) in [5, 5.41) is 13.8. The summed E-state index contributed by atoms with van der Waals surface area (Å²) in [5.74, 6) is -0.708. The molecule has 1 N–H and O–H groups in total. The van der Waals surface area contributed by atoms with E-state index >= 15 is 0 Å². The Morgan fingerprint density at radius 3 is 2.58 bits per heavy atom. The maximum Gasteiger partial charge on any atom is 0.445 e. The monoisotopic (exact) mass is 555 g/mol. The van der Waals surface area contributed by atoms with Crippen molar-refractivity contribution in [3.63, 3.8) is 0 Å². The lowest BCUT2D eigenvalue weighted by atomic mass is 10.0. The van der Waals surface area contributed by atoms with Crippen LogP contribution in [0.4, 0.5) is 13.2 Å². The van der Waals surface area contributed by atoms with Crippen LogP contribution >= 0.6 is 22.9 Å². The van der Waals surface area contributed by atoms with Gasteiger partial charge >= 0.3 is 6.18 Å². The molecule has 4 aromatic rings. The molecule has 1 amide bonds. The van der Waals surface area contributed by atoms with Gasteiger partial charge in [0.25, 0.3) is 5.91 Å². The number of rotatable bonds is 4. The zero-order chi connectivity index (χ0) is 25.9. The molecule has 0 bridgehead atoms. The van der Waals surface area contributed by atoms with E-state index in [-0.39, 0.29) is 28.6 Å². The third-order valence-corrected chi connectivity index (χ3v) is 9.01. The van der Waals surface area contributed by atoms with E-state index in [2.05, 4.69) is 20.6 Å². The fourth-order valence-electron chi connectivity index (χ4n) is 4.13. The first-order valence-corrected chi connectivity index (χ1v) is 13.6. The molecule has 1 saturated heterocycles. The second kappa shape index (κ2) is 8.53. The topological polar surface area (TPSA) is 107 Å². The van der Waals surface area contributed by atoms with Gasteiger partial charge in [0.2, 0.25) is 10.1 Å². The molecule has 0 saturated carbocycles. The minimum absolute atomic E-state index is 0.0185. The number of benzene rings is 2. The van der Waals surface area contributed by atoms with Crippen molar-refractivity contribution in [3.8, 4) is 16.4 Å². The molecule has 36 heavy (non-hydrogen) atoms. The maximum atomic E-state index is 13.2. The first-order valence-electron chi connectivity index (χ1n) is 10.6. The number of fused-ring (bicyclic) bond motifs is 1. The summed E-state index contributed by atoms with van der Waals surface area (Å²) in [4.78, 5) is 13.0. The van der Waals surface area contributed by atoms with Gasteiger partial charge in [-0.15, -0.1) is 10.2 Å².